The molecule has 0 unspecified atom stereocenters. The molecule has 9 nitrogen and oxygen atoms in total. The largest absolute Gasteiger partial charge is 0.337 e. The fourth-order valence-electron chi connectivity index (χ4n) is 5.41. The normalized spacial score (nSPS) is 15.2. The van der Waals surface area contributed by atoms with Crippen LogP contribution in [0.5, 0.6) is 0 Å². The average Bonchev–Trinajstić information content (AvgIpc) is 3.33. The molecule has 0 aliphatic carbocycles. The first-order valence-corrected chi connectivity index (χ1v) is 14.2. The van der Waals surface area contributed by atoms with Gasteiger partial charge in [0.1, 0.15) is 5.02 Å². The summed E-state index contributed by atoms with van der Waals surface area (Å²) < 4.78 is 2.80. The van der Waals surface area contributed by atoms with Crippen LogP contribution in [-0.4, -0.2) is 26.4 Å². The molecule has 0 fully saturated rings. The van der Waals surface area contributed by atoms with Gasteiger partial charge in [0.25, 0.3) is 5.69 Å². The second-order valence-electron chi connectivity index (χ2n) is 9.83. The van der Waals surface area contributed by atoms with Crippen LogP contribution in [-0.2, 0) is 0 Å². The molecule has 0 spiro atoms. The number of amidine groups is 2. The van der Waals surface area contributed by atoms with Gasteiger partial charge in [0.2, 0.25) is 0 Å². The summed E-state index contributed by atoms with van der Waals surface area (Å²) in [5.41, 5.74) is 5.61. The maximum Gasteiger partial charge on any atom is 0.289 e. The Morgan fingerprint density at radius 3 is 2.52 bits per heavy atom. The molecule has 4 aromatic carbocycles. The molecule has 2 aliphatic heterocycles. The minimum Gasteiger partial charge on any atom is -0.337 e. The number of nitro benzene ring substituents is 1. The van der Waals surface area contributed by atoms with E-state index in [4.69, 9.17) is 26.7 Å². The van der Waals surface area contributed by atoms with Gasteiger partial charge in [-0.15, -0.1) is 0 Å². The Kier molecular flexibility index (Phi) is 6.37. The Morgan fingerprint density at radius 1 is 0.952 bits per heavy atom. The number of fused-ring (bicyclic) bond motifs is 4. The molecule has 7 rings (SSSR count). The smallest absolute Gasteiger partial charge is 0.289 e. The number of anilines is 2. The van der Waals surface area contributed by atoms with Crippen LogP contribution in [0.4, 0.5) is 28.6 Å². The first kappa shape index (κ1) is 26.1. The molecule has 0 amide bonds. The maximum atomic E-state index is 11.6. The molecule has 1 aromatic heterocycles. The number of nitrogens with zero attached hydrogens (tertiary/aromatic N) is 6. The third kappa shape index (κ3) is 4.36. The van der Waals surface area contributed by atoms with Crippen molar-refractivity contribution >= 4 is 67.8 Å². The van der Waals surface area contributed by atoms with E-state index in [9.17, 15) is 10.1 Å². The number of para-hydroxylation sites is 3. The SMILES string of the molecule is Cc1nn(-c2ccccc2)c2c1[C@H](c1cccc(Br)c1)N1C(=N2)C(Nc2ccc(Cl)c([N+](=O)[O-])c2)=Nc2ccccc21. The molecule has 0 bridgehead atoms. The van der Waals surface area contributed by atoms with Gasteiger partial charge in [0.15, 0.2) is 17.5 Å². The fraction of sp³-hybridized carbons (Fsp3) is 0.0645. The summed E-state index contributed by atoms with van der Waals surface area (Å²) in [6, 6.07) is 30.2. The van der Waals surface area contributed by atoms with Gasteiger partial charge in [-0.1, -0.05) is 70.0 Å². The van der Waals surface area contributed by atoms with Crippen molar-refractivity contribution in [1.82, 2.24) is 9.78 Å². The number of nitro groups is 1. The molecular weight excluding hydrogens is 618 g/mol. The number of aryl methyl sites for hydroxylation is 1. The minimum absolute atomic E-state index is 0.0553. The second kappa shape index (κ2) is 10.2. The predicted octanol–water partition coefficient (Wildman–Crippen LogP) is 8.30. The van der Waals surface area contributed by atoms with E-state index >= 15 is 0 Å². The molecule has 42 heavy (non-hydrogen) atoms. The summed E-state index contributed by atoms with van der Waals surface area (Å²) >= 11 is 9.76. The van der Waals surface area contributed by atoms with Gasteiger partial charge in [-0.2, -0.15) is 5.10 Å². The second-order valence-corrected chi connectivity index (χ2v) is 11.2. The Labute approximate surface area is 254 Å². The van der Waals surface area contributed by atoms with Gasteiger partial charge in [-0.05, 0) is 61.0 Å². The molecule has 5 aromatic rings. The van der Waals surface area contributed by atoms with Crippen LogP contribution in [0.15, 0.2) is 112 Å². The van der Waals surface area contributed by atoms with Crippen LogP contribution >= 0.6 is 27.5 Å². The molecule has 0 saturated heterocycles. The molecule has 1 atom stereocenters. The number of rotatable bonds is 4. The van der Waals surface area contributed by atoms with Gasteiger partial charge in [-0.3, -0.25) is 10.1 Å². The summed E-state index contributed by atoms with van der Waals surface area (Å²) in [7, 11) is 0. The number of aromatic nitrogens is 2. The minimum atomic E-state index is -0.507. The van der Waals surface area contributed by atoms with Crippen molar-refractivity contribution in [3.8, 4) is 5.69 Å². The highest BCUT2D eigenvalue weighted by atomic mass is 79.9. The van der Waals surface area contributed by atoms with Crippen molar-refractivity contribution in [3.05, 3.63) is 133 Å². The Balaban J connectivity index is 1.48. The van der Waals surface area contributed by atoms with Gasteiger partial charge in [0, 0.05) is 21.8 Å². The highest BCUT2D eigenvalue weighted by Gasteiger charge is 2.41. The van der Waals surface area contributed by atoms with Gasteiger partial charge >= 0.3 is 0 Å². The summed E-state index contributed by atoms with van der Waals surface area (Å²) in [6.07, 6.45) is 0. The van der Waals surface area contributed by atoms with Gasteiger partial charge in [0.05, 0.1) is 33.7 Å². The highest BCUT2D eigenvalue weighted by molar-refractivity contribution is 9.10. The molecule has 0 saturated carbocycles. The van der Waals surface area contributed by atoms with Crippen molar-refractivity contribution in [2.24, 2.45) is 9.98 Å². The van der Waals surface area contributed by atoms with Crippen LogP contribution in [0.3, 0.4) is 0 Å². The van der Waals surface area contributed by atoms with Crippen LogP contribution in [0, 0.1) is 17.0 Å². The Morgan fingerprint density at radius 2 is 1.74 bits per heavy atom. The maximum absolute atomic E-state index is 11.6. The summed E-state index contributed by atoms with van der Waals surface area (Å²) in [5.74, 6) is 1.68. The standard InChI is InChI=1S/C31H21BrClN7O2/c1-18-27-28(19-8-7-9-20(32)16-19)38-25-13-6-5-12-24(25)35-29(34-21-14-15-23(33)26(17-21)40(41)42)31(38)36-30(27)39(37-18)22-10-3-2-4-11-22/h2-17,28H,1H3,(H,34,35)/t28-/m0/s1. The molecule has 0 radical (unpaired) electrons. The van der Waals surface area contributed by atoms with Gasteiger partial charge in [-0.25, -0.2) is 14.7 Å². The number of benzene rings is 4. The van der Waals surface area contributed by atoms with E-state index in [1.54, 1.807) is 6.07 Å². The number of aliphatic imine (C=N–C) groups is 2. The van der Waals surface area contributed by atoms with Crippen LogP contribution in [0.2, 0.25) is 5.02 Å². The fourth-order valence-corrected chi connectivity index (χ4v) is 6.01. The number of hydrogen-bond donors (Lipinski definition) is 1. The Bertz CT molecular complexity index is 1950. The molecule has 11 heteroatoms. The van der Waals surface area contributed by atoms with Crippen LogP contribution < -0.4 is 10.2 Å². The lowest BCUT2D eigenvalue weighted by molar-refractivity contribution is -0.384. The van der Waals surface area contributed by atoms with E-state index < -0.39 is 4.92 Å². The zero-order valence-electron chi connectivity index (χ0n) is 22.1. The molecule has 206 valence electrons. The number of halogens is 2. The predicted molar refractivity (Wildman–Crippen MR) is 169 cm³/mol. The topological polar surface area (TPSA) is 101 Å². The quantitative estimate of drug-likeness (QED) is 0.158. The van der Waals surface area contributed by atoms with Crippen molar-refractivity contribution < 1.29 is 4.92 Å². The van der Waals surface area contributed by atoms with E-state index in [2.05, 4.69) is 38.3 Å². The molecule has 1 N–H and O–H groups in total. The van der Waals surface area contributed by atoms with Gasteiger partial charge < -0.3 is 10.2 Å². The van der Waals surface area contributed by atoms with E-state index in [-0.39, 0.29) is 16.8 Å². The molecular formula is C31H21BrClN7O2. The van der Waals surface area contributed by atoms with Crippen molar-refractivity contribution in [2.45, 2.75) is 13.0 Å². The molecule has 3 heterocycles. The molecule has 2 aliphatic rings. The van der Waals surface area contributed by atoms with E-state index in [0.717, 1.165) is 38.4 Å². The van der Waals surface area contributed by atoms with Crippen molar-refractivity contribution in [2.75, 3.05) is 10.2 Å². The summed E-state index contributed by atoms with van der Waals surface area (Å²) in [4.78, 5) is 23.4. The van der Waals surface area contributed by atoms with Crippen LogP contribution in [0.1, 0.15) is 22.9 Å². The average molecular weight is 639 g/mol. The Hall–Kier alpha value is -4.80. The lowest BCUT2D eigenvalue weighted by Crippen LogP contribution is -2.46. The van der Waals surface area contributed by atoms with E-state index in [1.165, 1.54) is 12.1 Å². The lowest BCUT2D eigenvalue weighted by Gasteiger charge is -2.40. The summed E-state index contributed by atoms with van der Waals surface area (Å²) in [6.45, 7) is 2.00. The zero-order valence-corrected chi connectivity index (χ0v) is 24.4. The zero-order chi connectivity index (χ0) is 29.0. The number of hydrogen-bond acceptors (Lipinski definition) is 7. The van der Waals surface area contributed by atoms with Crippen molar-refractivity contribution in [3.63, 3.8) is 0 Å². The van der Waals surface area contributed by atoms with E-state index in [0.29, 0.717) is 23.2 Å². The van der Waals surface area contributed by atoms with Crippen molar-refractivity contribution in [1.29, 1.82) is 0 Å². The first-order valence-electron chi connectivity index (χ1n) is 13.1. The monoisotopic (exact) mass is 637 g/mol. The number of nitrogens with one attached hydrogen (secondary N) is 1. The third-order valence-corrected chi connectivity index (χ3v) is 8.02. The third-order valence-electron chi connectivity index (χ3n) is 7.21. The summed E-state index contributed by atoms with van der Waals surface area (Å²) in [5, 5.41) is 19.9. The van der Waals surface area contributed by atoms with E-state index in [1.807, 2.05) is 78.3 Å². The first-order chi connectivity index (χ1) is 20.4. The lowest BCUT2D eigenvalue weighted by atomic mass is 9.93. The van der Waals surface area contributed by atoms with Crippen LogP contribution in [0.25, 0.3) is 5.69 Å². The highest BCUT2D eigenvalue weighted by Crippen LogP contribution is 2.48.